The molecule has 0 amide bonds. The van der Waals surface area contributed by atoms with Crippen molar-refractivity contribution < 1.29 is 38.1 Å². The van der Waals surface area contributed by atoms with Crippen molar-refractivity contribution in [3.05, 3.63) is 0 Å². The molecule has 1 fully saturated rings. The third-order valence-electron chi connectivity index (χ3n) is 5.67. The summed E-state index contributed by atoms with van der Waals surface area (Å²) in [7, 11) is 3.47. The van der Waals surface area contributed by atoms with E-state index < -0.39 is 52.6 Å². The van der Waals surface area contributed by atoms with Crippen molar-refractivity contribution in [1.82, 2.24) is 4.90 Å². The quantitative estimate of drug-likeness (QED) is 0.300. The molecular weight excluding hydrogens is 406 g/mol. The van der Waals surface area contributed by atoms with E-state index in [1.54, 1.807) is 60.5 Å². The number of rotatable bonds is 9. The standard InChI is InChI=1S/C22H37NO8/c1-9-28-16(24)21(17(25)29-10-2)13-20(5,6)15(23(7)8)22(14-21,18(26)30-11-3)19(27)31-12-4/h15H,9-14H2,1-8H3. The molecule has 0 heterocycles. The Bertz CT molecular complexity index is 649. The van der Waals surface area contributed by atoms with Crippen molar-refractivity contribution >= 4 is 23.9 Å². The number of esters is 4. The Hall–Kier alpha value is -2.16. The third kappa shape index (κ3) is 4.86. The molecular formula is C22H37NO8. The third-order valence-corrected chi connectivity index (χ3v) is 5.67. The van der Waals surface area contributed by atoms with Gasteiger partial charge in [0.15, 0.2) is 10.8 Å². The molecule has 1 atom stereocenters. The second-order valence-electron chi connectivity index (χ2n) is 8.64. The van der Waals surface area contributed by atoms with Crippen LogP contribution in [-0.2, 0) is 38.1 Å². The summed E-state index contributed by atoms with van der Waals surface area (Å²) in [5, 5.41) is 0. The lowest BCUT2D eigenvalue weighted by molar-refractivity contribution is -0.205. The van der Waals surface area contributed by atoms with Crippen molar-refractivity contribution in [2.45, 2.75) is 60.4 Å². The first-order chi connectivity index (χ1) is 14.4. The first-order valence-corrected chi connectivity index (χ1v) is 10.8. The van der Waals surface area contributed by atoms with Crippen LogP contribution < -0.4 is 0 Å². The molecule has 9 heteroatoms. The second-order valence-corrected chi connectivity index (χ2v) is 8.64. The van der Waals surface area contributed by atoms with E-state index >= 15 is 0 Å². The Kier molecular flexibility index (Phi) is 9.05. The van der Waals surface area contributed by atoms with Crippen LogP contribution in [-0.4, -0.2) is 75.3 Å². The highest BCUT2D eigenvalue weighted by Gasteiger charge is 2.72. The van der Waals surface area contributed by atoms with Crippen molar-refractivity contribution in [2.75, 3.05) is 40.5 Å². The summed E-state index contributed by atoms with van der Waals surface area (Å²) in [4.78, 5) is 55.0. The van der Waals surface area contributed by atoms with Gasteiger partial charge >= 0.3 is 23.9 Å². The molecule has 1 rings (SSSR count). The molecule has 0 bridgehead atoms. The largest absolute Gasteiger partial charge is 0.465 e. The lowest BCUT2D eigenvalue weighted by Gasteiger charge is -2.56. The fourth-order valence-corrected chi connectivity index (χ4v) is 5.20. The van der Waals surface area contributed by atoms with Gasteiger partial charge in [-0.05, 0) is 53.6 Å². The zero-order valence-corrected chi connectivity index (χ0v) is 20.0. The maximum atomic E-state index is 13.4. The summed E-state index contributed by atoms with van der Waals surface area (Å²) >= 11 is 0. The van der Waals surface area contributed by atoms with E-state index in [0.29, 0.717) is 0 Å². The Balaban J connectivity index is 3.93. The molecule has 31 heavy (non-hydrogen) atoms. The van der Waals surface area contributed by atoms with Crippen molar-refractivity contribution in [3.63, 3.8) is 0 Å². The Morgan fingerprint density at radius 3 is 1.39 bits per heavy atom. The number of carbonyl (C=O) groups excluding carboxylic acids is 4. The van der Waals surface area contributed by atoms with Crippen LogP contribution in [0.1, 0.15) is 54.4 Å². The molecule has 1 unspecified atom stereocenters. The van der Waals surface area contributed by atoms with E-state index in [2.05, 4.69) is 0 Å². The van der Waals surface area contributed by atoms with Crippen LogP contribution in [0.4, 0.5) is 0 Å². The fourth-order valence-electron chi connectivity index (χ4n) is 5.20. The minimum Gasteiger partial charge on any atom is -0.465 e. The van der Waals surface area contributed by atoms with Crippen LogP contribution in [0.2, 0.25) is 0 Å². The second kappa shape index (κ2) is 10.4. The molecule has 9 nitrogen and oxygen atoms in total. The Labute approximate surface area is 184 Å². The van der Waals surface area contributed by atoms with E-state index in [1.807, 2.05) is 0 Å². The molecule has 0 aliphatic heterocycles. The molecule has 0 aromatic carbocycles. The number of hydrogen-bond donors (Lipinski definition) is 0. The molecule has 0 spiro atoms. The normalized spacial score (nSPS) is 21.1. The van der Waals surface area contributed by atoms with Crippen molar-refractivity contribution in [3.8, 4) is 0 Å². The smallest absolute Gasteiger partial charge is 0.325 e. The summed E-state index contributed by atoms with van der Waals surface area (Å²) in [5.41, 5.74) is -4.67. The van der Waals surface area contributed by atoms with Gasteiger partial charge in [-0.15, -0.1) is 0 Å². The minimum absolute atomic E-state index is 0.0202. The molecule has 1 saturated carbocycles. The first-order valence-electron chi connectivity index (χ1n) is 10.8. The predicted octanol–water partition coefficient (Wildman–Crippen LogP) is 1.96. The highest BCUT2D eigenvalue weighted by Crippen LogP contribution is 2.58. The number of nitrogens with zero attached hydrogens (tertiary/aromatic N) is 1. The number of hydrogen-bond acceptors (Lipinski definition) is 9. The van der Waals surface area contributed by atoms with Crippen LogP contribution in [0.5, 0.6) is 0 Å². The van der Waals surface area contributed by atoms with E-state index in [-0.39, 0.29) is 32.8 Å². The van der Waals surface area contributed by atoms with Gasteiger partial charge in [0.1, 0.15) is 0 Å². The van der Waals surface area contributed by atoms with Gasteiger partial charge in [0.05, 0.1) is 26.4 Å². The van der Waals surface area contributed by atoms with Gasteiger partial charge in [0.2, 0.25) is 0 Å². The van der Waals surface area contributed by atoms with Gasteiger partial charge < -0.3 is 23.8 Å². The summed E-state index contributed by atoms with van der Waals surface area (Å²) < 4.78 is 21.2. The zero-order valence-electron chi connectivity index (χ0n) is 20.0. The molecule has 1 aliphatic carbocycles. The summed E-state index contributed by atoms with van der Waals surface area (Å²) in [6.07, 6.45) is -0.428. The molecule has 0 aromatic rings. The van der Waals surface area contributed by atoms with E-state index in [1.165, 1.54) is 0 Å². The molecule has 0 radical (unpaired) electrons. The Morgan fingerprint density at radius 2 is 1.06 bits per heavy atom. The van der Waals surface area contributed by atoms with E-state index in [9.17, 15) is 19.2 Å². The van der Waals surface area contributed by atoms with Crippen LogP contribution >= 0.6 is 0 Å². The highest BCUT2D eigenvalue weighted by molar-refractivity contribution is 6.06. The minimum atomic E-state index is -1.93. The lowest BCUT2D eigenvalue weighted by Crippen LogP contribution is -2.69. The Morgan fingerprint density at radius 1 is 0.710 bits per heavy atom. The average Bonchev–Trinajstić information content (AvgIpc) is 2.66. The maximum Gasteiger partial charge on any atom is 0.325 e. The molecule has 0 aromatic heterocycles. The van der Waals surface area contributed by atoms with Crippen LogP contribution in [0.15, 0.2) is 0 Å². The predicted molar refractivity (Wildman–Crippen MR) is 112 cm³/mol. The van der Waals surface area contributed by atoms with Crippen LogP contribution in [0, 0.1) is 16.2 Å². The molecule has 0 N–H and O–H groups in total. The monoisotopic (exact) mass is 443 g/mol. The van der Waals surface area contributed by atoms with Gasteiger partial charge in [0.25, 0.3) is 0 Å². The maximum absolute atomic E-state index is 13.4. The van der Waals surface area contributed by atoms with Crippen LogP contribution in [0.3, 0.4) is 0 Å². The van der Waals surface area contributed by atoms with E-state index in [0.717, 1.165) is 0 Å². The van der Waals surface area contributed by atoms with Crippen molar-refractivity contribution in [2.24, 2.45) is 16.2 Å². The van der Waals surface area contributed by atoms with Gasteiger partial charge in [-0.2, -0.15) is 0 Å². The van der Waals surface area contributed by atoms with Crippen molar-refractivity contribution in [1.29, 1.82) is 0 Å². The van der Waals surface area contributed by atoms with Gasteiger partial charge in [-0.3, -0.25) is 19.2 Å². The molecule has 0 saturated heterocycles. The topological polar surface area (TPSA) is 108 Å². The molecule has 178 valence electrons. The zero-order chi connectivity index (χ0) is 24.0. The van der Waals surface area contributed by atoms with E-state index in [4.69, 9.17) is 18.9 Å². The molecule has 1 aliphatic rings. The summed E-state index contributed by atoms with van der Waals surface area (Å²) in [6.45, 7) is 10.2. The highest BCUT2D eigenvalue weighted by atomic mass is 16.6. The summed E-state index contributed by atoms with van der Waals surface area (Å²) in [6, 6.07) is -0.713. The fraction of sp³-hybridized carbons (Fsp3) is 0.818. The number of carbonyl (C=O) groups is 4. The lowest BCUT2D eigenvalue weighted by atomic mass is 9.50. The first kappa shape index (κ1) is 26.9. The average molecular weight is 444 g/mol. The van der Waals surface area contributed by atoms with Crippen LogP contribution in [0.25, 0.3) is 0 Å². The summed E-state index contributed by atoms with van der Waals surface area (Å²) in [5.74, 6) is -3.32. The SMILES string of the molecule is CCOC(=O)C1(C(=O)OCC)CC(C)(C)C(N(C)C)C(C(=O)OCC)(C(=O)OCC)C1. The number of ether oxygens (including phenoxy) is 4. The van der Waals surface area contributed by atoms with Gasteiger partial charge in [0, 0.05) is 12.5 Å². The van der Waals surface area contributed by atoms with Gasteiger partial charge in [-0.1, -0.05) is 13.8 Å². The van der Waals surface area contributed by atoms with Gasteiger partial charge in [-0.25, -0.2) is 0 Å².